The Morgan fingerprint density at radius 2 is 1.36 bits per heavy atom. The highest BCUT2D eigenvalue weighted by Crippen LogP contribution is 2.53. The summed E-state index contributed by atoms with van der Waals surface area (Å²) in [6.07, 6.45) is -9.47. The van der Waals surface area contributed by atoms with Crippen LogP contribution in [-0.4, -0.2) is 16.6 Å². The van der Waals surface area contributed by atoms with Gasteiger partial charge in [0, 0.05) is 10.5 Å². The van der Waals surface area contributed by atoms with Crippen molar-refractivity contribution in [3.05, 3.63) is 64.7 Å². The van der Waals surface area contributed by atoms with Crippen molar-refractivity contribution < 1.29 is 34.9 Å². The third kappa shape index (κ3) is 3.68. The zero-order valence-corrected chi connectivity index (χ0v) is 15.1. The van der Waals surface area contributed by atoms with Gasteiger partial charge in [-0.3, -0.25) is 4.21 Å². The molecule has 1 aliphatic carbocycles. The van der Waals surface area contributed by atoms with E-state index < -0.39 is 34.4 Å². The summed E-state index contributed by atoms with van der Waals surface area (Å²) in [6.45, 7) is 0. The van der Waals surface area contributed by atoms with E-state index in [1.807, 2.05) is 12.1 Å². The number of rotatable bonds is 4. The molecule has 1 atom stereocenters. The maximum atomic E-state index is 14.0. The second kappa shape index (κ2) is 7.17. The van der Waals surface area contributed by atoms with Gasteiger partial charge in [0.05, 0.1) is 16.6 Å². The zero-order chi connectivity index (χ0) is 20.7. The maximum absolute atomic E-state index is 14.0. The Hall–Kier alpha value is -1.90. The van der Waals surface area contributed by atoms with E-state index in [1.54, 1.807) is 6.07 Å². The molecule has 0 spiro atoms. The second-order valence-corrected chi connectivity index (χ2v) is 8.08. The van der Waals surface area contributed by atoms with Crippen LogP contribution in [0.2, 0.25) is 0 Å². The molecule has 28 heavy (non-hydrogen) atoms. The average Bonchev–Trinajstić information content (AvgIpc) is 3.07. The third-order valence-electron chi connectivity index (χ3n) is 4.76. The molecule has 0 fully saturated rings. The predicted molar refractivity (Wildman–Crippen MR) is 89.9 cm³/mol. The Morgan fingerprint density at radius 1 is 0.786 bits per heavy atom. The van der Waals surface area contributed by atoms with E-state index in [4.69, 9.17) is 0 Å². The summed E-state index contributed by atoms with van der Waals surface area (Å²) in [4.78, 5) is 0.537. The second-order valence-electron chi connectivity index (χ2n) is 6.62. The van der Waals surface area contributed by atoms with Crippen LogP contribution in [0.15, 0.2) is 47.4 Å². The van der Waals surface area contributed by atoms with E-state index in [-0.39, 0.29) is 11.3 Å². The molecule has 2 aromatic rings. The van der Waals surface area contributed by atoms with E-state index >= 15 is 0 Å². The molecule has 152 valence electrons. The van der Waals surface area contributed by atoms with Gasteiger partial charge in [-0.2, -0.15) is 26.3 Å². The van der Waals surface area contributed by atoms with Gasteiger partial charge in [0.15, 0.2) is 0 Å². The van der Waals surface area contributed by atoms with Crippen LogP contribution in [0.1, 0.15) is 28.7 Å². The molecular formula is C19H15F7OS. The zero-order valence-electron chi connectivity index (χ0n) is 14.3. The molecule has 0 saturated heterocycles. The van der Waals surface area contributed by atoms with Crippen LogP contribution in [0.5, 0.6) is 0 Å². The molecule has 0 aliphatic heterocycles. The Morgan fingerprint density at radius 3 is 1.93 bits per heavy atom. The Labute approximate surface area is 159 Å². The van der Waals surface area contributed by atoms with Crippen LogP contribution in [0.25, 0.3) is 0 Å². The molecule has 0 N–H and O–H groups in total. The van der Waals surface area contributed by atoms with Gasteiger partial charge in [0.25, 0.3) is 0 Å². The van der Waals surface area contributed by atoms with Gasteiger partial charge in [-0.05, 0) is 48.1 Å². The van der Waals surface area contributed by atoms with Crippen molar-refractivity contribution in [2.45, 2.75) is 47.9 Å². The molecule has 1 unspecified atom stereocenters. The van der Waals surface area contributed by atoms with Crippen LogP contribution in [-0.2, 0) is 35.1 Å². The van der Waals surface area contributed by atoms with Gasteiger partial charge < -0.3 is 0 Å². The molecule has 0 heterocycles. The fraction of sp³-hybridized carbons (Fsp3) is 0.368. The molecule has 0 radical (unpaired) electrons. The van der Waals surface area contributed by atoms with Gasteiger partial charge >= 0.3 is 18.0 Å². The van der Waals surface area contributed by atoms with Gasteiger partial charge in [-0.25, -0.2) is 4.39 Å². The summed E-state index contributed by atoms with van der Waals surface area (Å²) < 4.78 is 103. The molecule has 0 bridgehead atoms. The molecule has 2 aromatic carbocycles. The van der Waals surface area contributed by atoms with Crippen molar-refractivity contribution in [2.24, 2.45) is 0 Å². The fourth-order valence-corrected chi connectivity index (χ4v) is 4.40. The fourth-order valence-electron chi connectivity index (χ4n) is 3.24. The van der Waals surface area contributed by atoms with Crippen LogP contribution >= 0.6 is 0 Å². The van der Waals surface area contributed by atoms with Crippen LogP contribution in [0.4, 0.5) is 30.7 Å². The Bertz CT molecular complexity index is 871. The lowest BCUT2D eigenvalue weighted by molar-refractivity contribution is -0.348. The summed E-state index contributed by atoms with van der Waals surface area (Å²) in [5, 5.41) is 0. The SMILES string of the molecule is O=S(Cc1ccc(C(F)(C(F)(F)F)C(F)(F)F)cc1)c1ccc2c(c1)CCC2. The number of alkyl halides is 7. The lowest BCUT2D eigenvalue weighted by atomic mass is 9.93. The van der Waals surface area contributed by atoms with E-state index in [0.29, 0.717) is 17.0 Å². The summed E-state index contributed by atoms with van der Waals surface area (Å²) in [5.74, 6) is -0.101. The molecule has 0 aromatic heterocycles. The highest BCUT2D eigenvalue weighted by atomic mass is 32.2. The van der Waals surface area contributed by atoms with Crippen LogP contribution in [0, 0.1) is 0 Å². The Balaban J connectivity index is 1.82. The van der Waals surface area contributed by atoms with E-state index in [1.165, 1.54) is 5.56 Å². The molecule has 0 saturated carbocycles. The smallest absolute Gasteiger partial charge is 0.254 e. The minimum Gasteiger partial charge on any atom is -0.254 e. The summed E-state index contributed by atoms with van der Waals surface area (Å²) in [5.41, 5.74) is -4.49. The summed E-state index contributed by atoms with van der Waals surface area (Å²) in [6, 6.07) is 8.15. The summed E-state index contributed by atoms with van der Waals surface area (Å²) in [7, 11) is -1.53. The minimum absolute atomic E-state index is 0.101. The highest BCUT2D eigenvalue weighted by Gasteiger charge is 2.73. The van der Waals surface area contributed by atoms with Gasteiger partial charge in [0.1, 0.15) is 0 Å². The minimum atomic E-state index is -6.15. The van der Waals surface area contributed by atoms with Crippen LogP contribution < -0.4 is 0 Å². The van der Waals surface area contributed by atoms with Crippen molar-refractivity contribution >= 4 is 10.8 Å². The lowest BCUT2D eigenvalue weighted by Crippen LogP contribution is -2.50. The van der Waals surface area contributed by atoms with Crippen molar-refractivity contribution in [1.29, 1.82) is 0 Å². The van der Waals surface area contributed by atoms with Gasteiger partial charge in [0.2, 0.25) is 0 Å². The van der Waals surface area contributed by atoms with Crippen molar-refractivity contribution in [3.63, 3.8) is 0 Å². The topological polar surface area (TPSA) is 17.1 Å². The molecule has 1 aliphatic rings. The number of aryl methyl sites for hydroxylation is 2. The van der Waals surface area contributed by atoms with Crippen molar-refractivity contribution in [1.82, 2.24) is 0 Å². The van der Waals surface area contributed by atoms with Crippen molar-refractivity contribution in [2.75, 3.05) is 0 Å². The first-order valence-electron chi connectivity index (χ1n) is 8.35. The van der Waals surface area contributed by atoms with E-state index in [2.05, 4.69) is 0 Å². The van der Waals surface area contributed by atoms with Crippen molar-refractivity contribution in [3.8, 4) is 0 Å². The van der Waals surface area contributed by atoms with E-state index in [9.17, 15) is 34.9 Å². The van der Waals surface area contributed by atoms with E-state index in [0.717, 1.165) is 37.0 Å². The van der Waals surface area contributed by atoms with Gasteiger partial charge in [-0.15, -0.1) is 0 Å². The predicted octanol–water partition coefficient (Wildman–Crippen LogP) is 5.77. The monoisotopic (exact) mass is 424 g/mol. The number of fused-ring (bicyclic) bond motifs is 1. The number of hydrogen-bond donors (Lipinski definition) is 0. The quantitative estimate of drug-likeness (QED) is 0.570. The standard InChI is InChI=1S/C19H15F7OS/c20-17(18(21,22)23,19(24,25)26)15-7-4-12(5-8-15)11-28(27)16-9-6-13-2-1-3-14(13)10-16/h4-10H,1-3,11H2. The largest absolute Gasteiger partial charge is 0.435 e. The third-order valence-corrected chi connectivity index (χ3v) is 6.14. The molecule has 0 amide bonds. The summed E-state index contributed by atoms with van der Waals surface area (Å²) >= 11 is 0. The number of hydrogen-bond acceptors (Lipinski definition) is 1. The molecule has 9 heteroatoms. The number of halogens is 7. The molecule has 1 nitrogen and oxygen atoms in total. The molecular weight excluding hydrogens is 409 g/mol. The lowest BCUT2D eigenvalue weighted by Gasteiger charge is -2.30. The Kier molecular flexibility index (Phi) is 5.33. The highest BCUT2D eigenvalue weighted by molar-refractivity contribution is 7.84. The maximum Gasteiger partial charge on any atom is 0.435 e. The average molecular weight is 424 g/mol. The first-order chi connectivity index (χ1) is 12.9. The molecule has 3 rings (SSSR count). The number of benzene rings is 2. The van der Waals surface area contributed by atoms with Crippen LogP contribution in [0.3, 0.4) is 0 Å². The van der Waals surface area contributed by atoms with Gasteiger partial charge in [-0.1, -0.05) is 30.3 Å². The first kappa shape index (κ1) is 20.8. The first-order valence-corrected chi connectivity index (χ1v) is 9.67. The normalized spacial score (nSPS) is 16.1.